The summed E-state index contributed by atoms with van der Waals surface area (Å²) >= 11 is 5.54. The molecule has 0 atom stereocenters. The predicted molar refractivity (Wildman–Crippen MR) is 77.2 cm³/mol. The van der Waals surface area contributed by atoms with Gasteiger partial charge in [-0.2, -0.15) is 0 Å². The first-order chi connectivity index (χ1) is 9.16. The van der Waals surface area contributed by atoms with Gasteiger partial charge in [0.05, 0.1) is 5.56 Å². The zero-order valence-electron chi connectivity index (χ0n) is 10.3. The standard InChI is InChI=1S/C16H13ClO2/c1-12(17)11-19-16(18)15-9-7-14(8-10-15)13-5-3-2-4-6-13/h2-10H,1,11H2. The fraction of sp³-hybridized carbons (Fsp3) is 0.0625. The van der Waals surface area contributed by atoms with Gasteiger partial charge in [0.1, 0.15) is 6.61 Å². The zero-order chi connectivity index (χ0) is 13.7. The summed E-state index contributed by atoms with van der Waals surface area (Å²) in [6, 6.07) is 17.2. The van der Waals surface area contributed by atoms with Crippen LogP contribution in [0.3, 0.4) is 0 Å². The van der Waals surface area contributed by atoms with Crippen LogP contribution < -0.4 is 0 Å². The highest BCUT2D eigenvalue weighted by molar-refractivity contribution is 6.29. The second kappa shape index (κ2) is 6.21. The Bertz CT molecular complexity index is 573. The van der Waals surface area contributed by atoms with Crippen LogP contribution in [0.4, 0.5) is 0 Å². The average Bonchev–Trinajstić information content (AvgIpc) is 2.46. The molecule has 2 aromatic rings. The number of ether oxygens (including phenoxy) is 1. The minimum Gasteiger partial charge on any atom is -0.456 e. The lowest BCUT2D eigenvalue weighted by Crippen LogP contribution is -2.06. The van der Waals surface area contributed by atoms with Gasteiger partial charge in [-0.3, -0.25) is 0 Å². The summed E-state index contributed by atoms with van der Waals surface area (Å²) < 4.78 is 4.96. The van der Waals surface area contributed by atoms with E-state index in [-0.39, 0.29) is 6.61 Å². The summed E-state index contributed by atoms with van der Waals surface area (Å²) in [5.74, 6) is -0.401. The molecule has 0 saturated heterocycles. The third-order valence-corrected chi connectivity index (χ3v) is 2.70. The lowest BCUT2D eigenvalue weighted by Gasteiger charge is -2.05. The molecule has 0 heterocycles. The Morgan fingerprint density at radius 1 is 1.00 bits per heavy atom. The Hall–Kier alpha value is -2.06. The van der Waals surface area contributed by atoms with Crippen molar-refractivity contribution >= 4 is 17.6 Å². The summed E-state index contributed by atoms with van der Waals surface area (Å²) in [7, 11) is 0. The molecule has 0 bridgehead atoms. The van der Waals surface area contributed by atoms with Crippen molar-refractivity contribution in [2.75, 3.05) is 6.61 Å². The number of carbonyl (C=O) groups is 1. The van der Waals surface area contributed by atoms with E-state index < -0.39 is 5.97 Å². The van der Waals surface area contributed by atoms with Gasteiger partial charge in [-0.05, 0) is 23.3 Å². The molecule has 0 spiro atoms. The predicted octanol–water partition coefficient (Wildman–Crippen LogP) is 4.26. The van der Waals surface area contributed by atoms with Gasteiger partial charge in [0, 0.05) is 5.03 Å². The van der Waals surface area contributed by atoms with Gasteiger partial charge >= 0.3 is 5.97 Å². The number of esters is 1. The fourth-order valence-electron chi connectivity index (χ4n) is 1.66. The highest BCUT2D eigenvalue weighted by atomic mass is 35.5. The maximum Gasteiger partial charge on any atom is 0.338 e. The van der Waals surface area contributed by atoms with Crippen LogP contribution in [-0.4, -0.2) is 12.6 Å². The summed E-state index contributed by atoms with van der Waals surface area (Å²) in [5.41, 5.74) is 2.66. The molecule has 3 heteroatoms. The van der Waals surface area contributed by atoms with E-state index in [9.17, 15) is 4.79 Å². The number of halogens is 1. The Kier molecular flexibility index (Phi) is 4.37. The van der Waals surface area contributed by atoms with Crippen molar-refractivity contribution in [3.63, 3.8) is 0 Å². The lowest BCUT2D eigenvalue weighted by molar-refractivity contribution is 0.0546. The van der Waals surface area contributed by atoms with Crippen LogP contribution in [0.1, 0.15) is 10.4 Å². The average molecular weight is 273 g/mol. The van der Waals surface area contributed by atoms with Crippen molar-refractivity contribution in [1.29, 1.82) is 0 Å². The lowest BCUT2D eigenvalue weighted by atomic mass is 10.0. The van der Waals surface area contributed by atoms with Crippen molar-refractivity contribution in [1.82, 2.24) is 0 Å². The molecule has 19 heavy (non-hydrogen) atoms. The van der Waals surface area contributed by atoms with E-state index in [4.69, 9.17) is 16.3 Å². The van der Waals surface area contributed by atoms with E-state index in [1.54, 1.807) is 12.1 Å². The normalized spacial score (nSPS) is 9.95. The molecule has 2 aromatic carbocycles. The first-order valence-corrected chi connectivity index (χ1v) is 6.20. The van der Waals surface area contributed by atoms with Crippen molar-refractivity contribution in [3.05, 3.63) is 71.8 Å². The Morgan fingerprint density at radius 2 is 1.58 bits per heavy atom. The maximum atomic E-state index is 11.7. The van der Waals surface area contributed by atoms with E-state index in [1.807, 2.05) is 42.5 Å². The van der Waals surface area contributed by atoms with Gasteiger partial charge in [0.2, 0.25) is 0 Å². The van der Waals surface area contributed by atoms with Gasteiger partial charge in [0.15, 0.2) is 0 Å². The molecular formula is C16H13ClO2. The second-order valence-corrected chi connectivity index (χ2v) is 4.57. The molecule has 0 saturated carbocycles. The molecule has 2 nitrogen and oxygen atoms in total. The molecule has 0 unspecified atom stereocenters. The SMILES string of the molecule is C=C(Cl)COC(=O)c1ccc(-c2ccccc2)cc1. The first-order valence-electron chi connectivity index (χ1n) is 5.83. The smallest absolute Gasteiger partial charge is 0.338 e. The molecule has 0 N–H and O–H groups in total. The summed E-state index contributed by atoms with van der Waals surface area (Å²) in [6.45, 7) is 3.49. The number of benzene rings is 2. The topological polar surface area (TPSA) is 26.3 Å². The van der Waals surface area contributed by atoms with Crippen LogP contribution in [0.2, 0.25) is 0 Å². The molecule has 0 aromatic heterocycles. The van der Waals surface area contributed by atoms with Crippen LogP contribution >= 0.6 is 11.6 Å². The molecule has 0 aliphatic rings. The monoisotopic (exact) mass is 272 g/mol. The Labute approximate surface area is 117 Å². The van der Waals surface area contributed by atoms with Crippen molar-refractivity contribution in [2.24, 2.45) is 0 Å². The fourth-order valence-corrected chi connectivity index (χ4v) is 1.71. The molecule has 96 valence electrons. The highest BCUT2D eigenvalue weighted by Gasteiger charge is 2.07. The summed E-state index contributed by atoms with van der Waals surface area (Å²) in [6.07, 6.45) is 0. The van der Waals surface area contributed by atoms with E-state index in [0.29, 0.717) is 10.6 Å². The number of hydrogen-bond donors (Lipinski definition) is 0. The van der Waals surface area contributed by atoms with Crippen LogP contribution in [0.25, 0.3) is 11.1 Å². The minimum absolute atomic E-state index is 0.0286. The molecule has 0 aliphatic heterocycles. The van der Waals surface area contributed by atoms with Gasteiger partial charge < -0.3 is 4.74 Å². The van der Waals surface area contributed by atoms with E-state index >= 15 is 0 Å². The third kappa shape index (κ3) is 3.70. The minimum atomic E-state index is -0.401. The van der Waals surface area contributed by atoms with Crippen LogP contribution in [-0.2, 0) is 4.74 Å². The summed E-state index contributed by atoms with van der Waals surface area (Å²) in [5, 5.41) is 0.300. The van der Waals surface area contributed by atoms with Gasteiger partial charge in [-0.15, -0.1) is 0 Å². The molecule has 2 rings (SSSR count). The van der Waals surface area contributed by atoms with Crippen LogP contribution in [0.15, 0.2) is 66.2 Å². The number of carbonyl (C=O) groups excluding carboxylic acids is 1. The molecule has 0 fully saturated rings. The number of hydrogen-bond acceptors (Lipinski definition) is 2. The van der Waals surface area contributed by atoms with Crippen LogP contribution in [0, 0.1) is 0 Å². The highest BCUT2D eigenvalue weighted by Crippen LogP contribution is 2.19. The Balaban J connectivity index is 2.10. The molecular weight excluding hydrogens is 260 g/mol. The Morgan fingerprint density at radius 3 is 2.16 bits per heavy atom. The second-order valence-electron chi connectivity index (χ2n) is 4.04. The first kappa shape index (κ1) is 13.4. The van der Waals surface area contributed by atoms with Crippen molar-refractivity contribution < 1.29 is 9.53 Å². The maximum absolute atomic E-state index is 11.7. The van der Waals surface area contributed by atoms with E-state index in [2.05, 4.69) is 6.58 Å². The zero-order valence-corrected chi connectivity index (χ0v) is 11.1. The van der Waals surface area contributed by atoms with Crippen molar-refractivity contribution in [3.8, 4) is 11.1 Å². The van der Waals surface area contributed by atoms with E-state index in [0.717, 1.165) is 11.1 Å². The molecule has 0 radical (unpaired) electrons. The third-order valence-electron chi connectivity index (χ3n) is 2.59. The molecule has 0 aliphatic carbocycles. The van der Waals surface area contributed by atoms with Gasteiger partial charge in [-0.1, -0.05) is 60.6 Å². The van der Waals surface area contributed by atoms with Gasteiger partial charge in [-0.25, -0.2) is 4.79 Å². The van der Waals surface area contributed by atoms with E-state index in [1.165, 1.54) is 0 Å². The van der Waals surface area contributed by atoms with Crippen molar-refractivity contribution in [2.45, 2.75) is 0 Å². The largest absolute Gasteiger partial charge is 0.456 e. The molecule has 0 amide bonds. The number of rotatable bonds is 4. The van der Waals surface area contributed by atoms with Gasteiger partial charge in [0.25, 0.3) is 0 Å². The quantitative estimate of drug-likeness (QED) is 0.777. The van der Waals surface area contributed by atoms with Crippen LogP contribution in [0.5, 0.6) is 0 Å². The summed E-state index contributed by atoms with van der Waals surface area (Å²) in [4.78, 5) is 11.7.